The smallest absolute Gasteiger partial charge is 0.407 e. The highest BCUT2D eigenvalue weighted by molar-refractivity contribution is 5.67. The Morgan fingerprint density at radius 2 is 2.13 bits per heavy atom. The molecule has 0 aromatic carbocycles. The average Bonchev–Trinajstić information content (AvgIpc) is 2.25. The van der Waals surface area contributed by atoms with Crippen LogP contribution in [0.5, 0.6) is 0 Å². The maximum absolute atomic E-state index is 11.2. The Hall–Kier alpha value is -0.770. The number of amides is 1. The van der Waals surface area contributed by atoms with Crippen molar-refractivity contribution in [1.29, 1.82) is 0 Å². The molecule has 1 fully saturated rings. The molecule has 0 unspecified atom stereocenters. The quantitative estimate of drug-likeness (QED) is 0.743. The van der Waals surface area contributed by atoms with Crippen molar-refractivity contribution >= 4 is 6.09 Å². The molecule has 1 heterocycles. The van der Waals surface area contributed by atoms with E-state index in [9.17, 15) is 4.79 Å². The molecule has 1 aliphatic rings. The summed E-state index contributed by atoms with van der Waals surface area (Å²) < 4.78 is 5.15. The highest BCUT2D eigenvalue weighted by Gasteiger charge is 2.14. The van der Waals surface area contributed by atoms with E-state index in [1.54, 1.807) is 0 Å². The van der Waals surface area contributed by atoms with Gasteiger partial charge >= 0.3 is 6.09 Å². The summed E-state index contributed by atoms with van der Waals surface area (Å²) in [6.07, 6.45) is 1.94. The molecular weight excluding hydrogens is 192 g/mol. The largest absolute Gasteiger partial charge is 0.449 e. The average molecular weight is 214 g/mol. The summed E-state index contributed by atoms with van der Waals surface area (Å²) in [4.78, 5) is 11.2. The van der Waals surface area contributed by atoms with Crippen molar-refractivity contribution in [2.24, 2.45) is 11.8 Å². The van der Waals surface area contributed by atoms with Crippen molar-refractivity contribution in [2.75, 3.05) is 26.2 Å². The zero-order valence-electron chi connectivity index (χ0n) is 9.71. The van der Waals surface area contributed by atoms with Crippen LogP contribution in [0.1, 0.15) is 26.7 Å². The second-order valence-electron chi connectivity index (χ2n) is 4.57. The van der Waals surface area contributed by atoms with Gasteiger partial charge in [-0.25, -0.2) is 4.79 Å². The topological polar surface area (TPSA) is 50.4 Å². The first-order chi connectivity index (χ1) is 7.18. The molecule has 4 nitrogen and oxygen atoms in total. The van der Waals surface area contributed by atoms with E-state index in [-0.39, 0.29) is 6.09 Å². The summed E-state index contributed by atoms with van der Waals surface area (Å²) >= 11 is 0. The van der Waals surface area contributed by atoms with Gasteiger partial charge in [-0.05, 0) is 37.8 Å². The molecule has 0 aliphatic carbocycles. The van der Waals surface area contributed by atoms with Crippen LogP contribution >= 0.6 is 0 Å². The normalized spacial score (nSPS) is 17.8. The van der Waals surface area contributed by atoms with Crippen LogP contribution in [0.4, 0.5) is 4.79 Å². The van der Waals surface area contributed by atoms with Gasteiger partial charge in [0.1, 0.15) is 0 Å². The van der Waals surface area contributed by atoms with Crippen molar-refractivity contribution < 1.29 is 9.53 Å². The van der Waals surface area contributed by atoms with Crippen molar-refractivity contribution in [1.82, 2.24) is 10.6 Å². The summed E-state index contributed by atoms with van der Waals surface area (Å²) in [7, 11) is 0. The second-order valence-corrected chi connectivity index (χ2v) is 4.57. The summed E-state index contributed by atoms with van der Waals surface area (Å²) in [5.74, 6) is 1.01. The van der Waals surface area contributed by atoms with Crippen molar-refractivity contribution in [3.05, 3.63) is 0 Å². The van der Waals surface area contributed by atoms with E-state index < -0.39 is 0 Å². The van der Waals surface area contributed by atoms with E-state index in [0.29, 0.717) is 25.0 Å². The fourth-order valence-corrected chi connectivity index (χ4v) is 1.58. The molecule has 0 aromatic heterocycles. The molecule has 88 valence electrons. The van der Waals surface area contributed by atoms with Crippen molar-refractivity contribution in [3.63, 3.8) is 0 Å². The van der Waals surface area contributed by atoms with Crippen LogP contribution < -0.4 is 10.6 Å². The summed E-state index contributed by atoms with van der Waals surface area (Å²) in [6, 6.07) is 0. The third kappa shape index (κ3) is 5.62. The molecule has 0 aromatic rings. The summed E-state index contributed by atoms with van der Waals surface area (Å²) in [5, 5.41) is 6.03. The predicted octanol–water partition coefficient (Wildman–Crippen LogP) is 1.37. The number of rotatable bonds is 4. The van der Waals surface area contributed by atoms with E-state index >= 15 is 0 Å². The molecule has 0 radical (unpaired) electrons. The number of carbonyl (C=O) groups excluding carboxylic acids is 1. The number of ether oxygens (including phenoxy) is 1. The Labute approximate surface area is 91.8 Å². The zero-order chi connectivity index (χ0) is 11.1. The summed E-state index contributed by atoms with van der Waals surface area (Å²) in [5.41, 5.74) is 0. The van der Waals surface area contributed by atoms with E-state index in [2.05, 4.69) is 24.5 Å². The minimum atomic E-state index is -0.276. The van der Waals surface area contributed by atoms with Gasteiger partial charge < -0.3 is 15.4 Å². The van der Waals surface area contributed by atoms with Gasteiger partial charge in [0.25, 0.3) is 0 Å². The SMILES string of the molecule is CC(C)CNC(=O)OCC1CCNCC1. The lowest BCUT2D eigenvalue weighted by molar-refractivity contribution is 0.117. The van der Waals surface area contributed by atoms with Crippen molar-refractivity contribution in [2.45, 2.75) is 26.7 Å². The molecule has 0 atom stereocenters. The Morgan fingerprint density at radius 3 is 2.73 bits per heavy atom. The Balaban J connectivity index is 2.05. The first kappa shape index (κ1) is 12.3. The van der Waals surface area contributed by atoms with E-state index in [4.69, 9.17) is 4.74 Å². The Morgan fingerprint density at radius 1 is 1.47 bits per heavy atom. The maximum atomic E-state index is 11.2. The van der Waals surface area contributed by atoms with Gasteiger partial charge in [0.2, 0.25) is 0 Å². The van der Waals surface area contributed by atoms with Gasteiger partial charge in [0.05, 0.1) is 6.61 Å². The fraction of sp³-hybridized carbons (Fsp3) is 0.909. The molecule has 1 saturated heterocycles. The van der Waals surface area contributed by atoms with Gasteiger partial charge in [-0.15, -0.1) is 0 Å². The molecule has 1 rings (SSSR count). The third-order valence-electron chi connectivity index (χ3n) is 2.56. The third-order valence-corrected chi connectivity index (χ3v) is 2.56. The van der Waals surface area contributed by atoms with Gasteiger partial charge in [-0.1, -0.05) is 13.8 Å². The van der Waals surface area contributed by atoms with Crippen LogP contribution in [0.3, 0.4) is 0 Å². The molecular formula is C11H22N2O2. The number of alkyl carbamates (subject to hydrolysis) is 1. The number of hydrogen-bond acceptors (Lipinski definition) is 3. The number of nitrogens with one attached hydrogen (secondary N) is 2. The van der Waals surface area contributed by atoms with Crippen LogP contribution in [0.15, 0.2) is 0 Å². The van der Waals surface area contributed by atoms with Gasteiger partial charge in [0, 0.05) is 6.54 Å². The van der Waals surface area contributed by atoms with Crippen LogP contribution in [-0.4, -0.2) is 32.3 Å². The lowest BCUT2D eigenvalue weighted by Gasteiger charge is -2.22. The minimum Gasteiger partial charge on any atom is -0.449 e. The molecule has 4 heteroatoms. The number of hydrogen-bond donors (Lipinski definition) is 2. The van der Waals surface area contributed by atoms with Crippen LogP contribution in [0.25, 0.3) is 0 Å². The molecule has 0 bridgehead atoms. The monoisotopic (exact) mass is 214 g/mol. The number of piperidine rings is 1. The van der Waals surface area contributed by atoms with E-state index in [1.165, 1.54) is 0 Å². The van der Waals surface area contributed by atoms with Gasteiger partial charge in [-0.2, -0.15) is 0 Å². The van der Waals surface area contributed by atoms with E-state index in [0.717, 1.165) is 25.9 Å². The standard InChI is InChI=1S/C11H22N2O2/c1-9(2)7-13-11(14)15-8-10-3-5-12-6-4-10/h9-10,12H,3-8H2,1-2H3,(H,13,14). The molecule has 2 N–H and O–H groups in total. The highest BCUT2D eigenvalue weighted by Crippen LogP contribution is 2.11. The minimum absolute atomic E-state index is 0.276. The highest BCUT2D eigenvalue weighted by atomic mass is 16.5. The van der Waals surface area contributed by atoms with Gasteiger partial charge in [-0.3, -0.25) is 0 Å². The molecule has 0 saturated carbocycles. The first-order valence-corrected chi connectivity index (χ1v) is 5.80. The zero-order valence-corrected chi connectivity index (χ0v) is 9.71. The molecule has 1 amide bonds. The maximum Gasteiger partial charge on any atom is 0.407 e. The Kier molecular flexibility index (Phi) is 5.47. The Bertz CT molecular complexity index is 189. The van der Waals surface area contributed by atoms with Crippen molar-refractivity contribution in [3.8, 4) is 0 Å². The second kappa shape index (κ2) is 6.67. The van der Waals surface area contributed by atoms with E-state index in [1.807, 2.05) is 0 Å². The number of carbonyl (C=O) groups is 1. The molecule has 0 spiro atoms. The molecule has 1 aliphatic heterocycles. The predicted molar refractivity (Wildman–Crippen MR) is 59.8 cm³/mol. The fourth-order valence-electron chi connectivity index (χ4n) is 1.58. The first-order valence-electron chi connectivity index (χ1n) is 5.80. The lowest BCUT2D eigenvalue weighted by Crippen LogP contribution is -2.33. The van der Waals surface area contributed by atoms with Gasteiger partial charge in [0.15, 0.2) is 0 Å². The molecule has 15 heavy (non-hydrogen) atoms. The lowest BCUT2D eigenvalue weighted by atomic mass is 9.99. The van der Waals surface area contributed by atoms with Crippen LogP contribution in [-0.2, 0) is 4.74 Å². The van der Waals surface area contributed by atoms with Crippen LogP contribution in [0, 0.1) is 11.8 Å². The van der Waals surface area contributed by atoms with Crippen LogP contribution in [0.2, 0.25) is 0 Å². The summed E-state index contributed by atoms with van der Waals surface area (Å²) in [6.45, 7) is 7.46.